The lowest BCUT2D eigenvalue weighted by atomic mass is 10.1. The van der Waals surface area contributed by atoms with Gasteiger partial charge in [-0.2, -0.15) is 0 Å². The lowest BCUT2D eigenvalue weighted by Gasteiger charge is -2.07. The molecule has 1 N–H and O–H groups in total. The van der Waals surface area contributed by atoms with Gasteiger partial charge in [0.2, 0.25) is 0 Å². The monoisotopic (exact) mass is 335 g/mol. The fourth-order valence-electron chi connectivity index (χ4n) is 2.55. The molecule has 0 aliphatic rings. The van der Waals surface area contributed by atoms with Gasteiger partial charge in [-0.15, -0.1) is 0 Å². The molecule has 0 aliphatic heterocycles. The molecule has 2 aromatic carbocycles. The summed E-state index contributed by atoms with van der Waals surface area (Å²) in [7, 11) is 0. The van der Waals surface area contributed by atoms with Crippen molar-refractivity contribution in [2.45, 2.75) is 19.4 Å². The fourth-order valence-corrected chi connectivity index (χ4v) is 2.55. The summed E-state index contributed by atoms with van der Waals surface area (Å²) in [6, 6.07) is 21.5. The molecule has 0 spiro atoms. The van der Waals surface area contributed by atoms with Gasteiger partial charge in [0.05, 0.1) is 6.26 Å². The standard InChI is InChI=1S/C21H21NO3/c23-21(22-14-7-10-17-8-3-1-4-9-17)20-18(13-15-24-20)16-25-19-11-5-2-6-12-19/h1-6,8-9,11-13,15H,7,10,14,16H2,(H,22,23). The number of benzene rings is 2. The van der Waals surface area contributed by atoms with Crippen LogP contribution in [0.3, 0.4) is 0 Å². The van der Waals surface area contributed by atoms with Gasteiger partial charge < -0.3 is 14.5 Å². The molecule has 0 fully saturated rings. The number of hydrogen-bond donors (Lipinski definition) is 1. The summed E-state index contributed by atoms with van der Waals surface area (Å²) in [4.78, 5) is 12.3. The highest BCUT2D eigenvalue weighted by atomic mass is 16.5. The third-order valence-corrected chi connectivity index (χ3v) is 3.86. The van der Waals surface area contributed by atoms with Gasteiger partial charge in [0.1, 0.15) is 12.4 Å². The van der Waals surface area contributed by atoms with Crippen molar-refractivity contribution >= 4 is 5.91 Å². The molecule has 0 radical (unpaired) electrons. The molecule has 1 aromatic heterocycles. The van der Waals surface area contributed by atoms with Crippen LogP contribution < -0.4 is 10.1 Å². The zero-order valence-electron chi connectivity index (χ0n) is 14.0. The van der Waals surface area contributed by atoms with E-state index < -0.39 is 0 Å². The van der Waals surface area contributed by atoms with Crippen molar-refractivity contribution in [2.75, 3.05) is 6.54 Å². The summed E-state index contributed by atoms with van der Waals surface area (Å²) in [5.74, 6) is 0.873. The smallest absolute Gasteiger partial charge is 0.287 e. The Morgan fingerprint density at radius 2 is 1.68 bits per heavy atom. The highest BCUT2D eigenvalue weighted by molar-refractivity contribution is 5.92. The third kappa shape index (κ3) is 4.98. The lowest BCUT2D eigenvalue weighted by molar-refractivity contribution is 0.0922. The second kappa shape index (κ2) is 8.73. The van der Waals surface area contributed by atoms with Gasteiger partial charge in [0, 0.05) is 12.1 Å². The highest BCUT2D eigenvalue weighted by Gasteiger charge is 2.15. The van der Waals surface area contributed by atoms with Crippen LogP contribution in [-0.2, 0) is 13.0 Å². The van der Waals surface area contributed by atoms with E-state index >= 15 is 0 Å². The van der Waals surface area contributed by atoms with Gasteiger partial charge in [0.15, 0.2) is 5.76 Å². The van der Waals surface area contributed by atoms with Gasteiger partial charge in [-0.25, -0.2) is 0 Å². The van der Waals surface area contributed by atoms with Crippen LogP contribution in [0.2, 0.25) is 0 Å². The minimum atomic E-state index is -0.204. The summed E-state index contributed by atoms with van der Waals surface area (Å²) in [6.07, 6.45) is 3.33. The van der Waals surface area contributed by atoms with Crippen LogP contribution in [0.25, 0.3) is 0 Å². The van der Waals surface area contributed by atoms with Gasteiger partial charge >= 0.3 is 0 Å². The van der Waals surface area contributed by atoms with Gasteiger partial charge in [-0.1, -0.05) is 48.5 Å². The van der Waals surface area contributed by atoms with E-state index in [1.807, 2.05) is 48.5 Å². The van der Waals surface area contributed by atoms with Crippen LogP contribution in [0.4, 0.5) is 0 Å². The third-order valence-electron chi connectivity index (χ3n) is 3.86. The Morgan fingerprint density at radius 3 is 2.44 bits per heavy atom. The number of furan rings is 1. The number of para-hydroxylation sites is 1. The summed E-state index contributed by atoms with van der Waals surface area (Å²) in [5, 5.41) is 2.91. The number of amides is 1. The molecular formula is C21H21NO3. The Balaban J connectivity index is 1.47. The Morgan fingerprint density at radius 1 is 0.960 bits per heavy atom. The fraction of sp³-hybridized carbons (Fsp3) is 0.190. The van der Waals surface area contributed by atoms with E-state index in [2.05, 4.69) is 17.4 Å². The first-order valence-electron chi connectivity index (χ1n) is 8.39. The van der Waals surface area contributed by atoms with Crippen molar-refractivity contribution in [3.8, 4) is 5.75 Å². The zero-order chi connectivity index (χ0) is 17.3. The topological polar surface area (TPSA) is 51.5 Å². The van der Waals surface area contributed by atoms with Crippen molar-refractivity contribution in [1.29, 1.82) is 0 Å². The van der Waals surface area contributed by atoms with Crippen LogP contribution in [0.5, 0.6) is 5.75 Å². The van der Waals surface area contributed by atoms with E-state index in [9.17, 15) is 4.79 Å². The summed E-state index contributed by atoms with van der Waals surface area (Å²) in [6.45, 7) is 0.903. The molecule has 1 heterocycles. The maximum absolute atomic E-state index is 12.3. The quantitative estimate of drug-likeness (QED) is 0.627. The highest BCUT2D eigenvalue weighted by Crippen LogP contribution is 2.15. The van der Waals surface area contributed by atoms with Crippen LogP contribution in [0.1, 0.15) is 28.1 Å². The van der Waals surface area contributed by atoms with Crippen molar-refractivity contribution < 1.29 is 13.9 Å². The van der Waals surface area contributed by atoms with E-state index in [0.717, 1.165) is 24.2 Å². The van der Waals surface area contributed by atoms with E-state index in [4.69, 9.17) is 9.15 Å². The molecule has 0 atom stereocenters. The van der Waals surface area contributed by atoms with E-state index in [1.165, 1.54) is 11.8 Å². The minimum Gasteiger partial charge on any atom is -0.489 e. The van der Waals surface area contributed by atoms with Gasteiger partial charge in [-0.05, 0) is 36.6 Å². The first-order valence-corrected chi connectivity index (χ1v) is 8.39. The first kappa shape index (κ1) is 16.8. The maximum Gasteiger partial charge on any atom is 0.287 e. The molecule has 128 valence electrons. The average molecular weight is 335 g/mol. The van der Waals surface area contributed by atoms with Crippen LogP contribution in [-0.4, -0.2) is 12.5 Å². The van der Waals surface area contributed by atoms with Gasteiger partial charge in [-0.3, -0.25) is 4.79 Å². The van der Waals surface area contributed by atoms with Crippen molar-refractivity contribution in [1.82, 2.24) is 5.32 Å². The SMILES string of the molecule is O=C(NCCCc1ccccc1)c1occc1COc1ccccc1. The first-order chi connectivity index (χ1) is 12.3. The van der Waals surface area contributed by atoms with E-state index in [1.54, 1.807) is 6.07 Å². The number of aryl methyl sites for hydroxylation is 1. The Bertz CT molecular complexity index is 781. The largest absolute Gasteiger partial charge is 0.489 e. The number of rotatable bonds is 8. The predicted molar refractivity (Wildman–Crippen MR) is 96.6 cm³/mol. The average Bonchev–Trinajstić information content (AvgIpc) is 3.14. The van der Waals surface area contributed by atoms with Crippen molar-refractivity contribution in [3.05, 3.63) is 89.9 Å². The lowest BCUT2D eigenvalue weighted by Crippen LogP contribution is -2.25. The molecule has 0 saturated carbocycles. The molecule has 0 aliphatic carbocycles. The number of carbonyl (C=O) groups excluding carboxylic acids is 1. The molecule has 0 bridgehead atoms. The Labute approximate surface area is 147 Å². The molecular weight excluding hydrogens is 314 g/mol. The van der Waals surface area contributed by atoms with Crippen LogP contribution >= 0.6 is 0 Å². The minimum absolute atomic E-state index is 0.204. The van der Waals surface area contributed by atoms with Crippen molar-refractivity contribution in [2.24, 2.45) is 0 Å². The summed E-state index contributed by atoms with van der Waals surface area (Å²) in [5.41, 5.74) is 2.01. The summed E-state index contributed by atoms with van der Waals surface area (Å²) >= 11 is 0. The van der Waals surface area contributed by atoms with Gasteiger partial charge in [0.25, 0.3) is 5.91 Å². The number of carbonyl (C=O) groups is 1. The van der Waals surface area contributed by atoms with Crippen molar-refractivity contribution in [3.63, 3.8) is 0 Å². The Kier molecular flexibility index (Phi) is 5.88. The number of nitrogens with one attached hydrogen (secondary N) is 1. The second-order valence-corrected chi connectivity index (χ2v) is 5.72. The van der Waals surface area contributed by atoms with E-state index in [0.29, 0.717) is 18.9 Å². The maximum atomic E-state index is 12.3. The zero-order valence-corrected chi connectivity index (χ0v) is 14.0. The molecule has 3 aromatic rings. The van der Waals surface area contributed by atoms with Crippen LogP contribution in [0, 0.1) is 0 Å². The predicted octanol–water partition coefficient (Wildman–Crippen LogP) is 4.22. The number of hydrogen-bond acceptors (Lipinski definition) is 3. The molecule has 3 rings (SSSR count). The normalized spacial score (nSPS) is 10.4. The molecule has 25 heavy (non-hydrogen) atoms. The molecule has 0 unspecified atom stereocenters. The molecule has 4 heteroatoms. The second-order valence-electron chi connectivity index (χ2n) is 5.72. The molecule has 1 amide bonds. The number of ether oxygens (including phenoxy) is 1. The summed E-state index contributed by atoms with van der Waals surface area (Å²) < 4.78 is 11.0. The van der Waals surface area contributed by atoms with Crippen LogP contribution in [0.15, 0.2) is 77.4 Å². The molecule has 0 saturated heterocycles. The Hall–Kier alpha value is -3.01. The molecule has 4 nitrogen and oxygen atoms in total. The van der Waals surface area contributed by atoms with E-state index in [-0.39, 0.29) is 5.91 Å².